The Balaban J connectivity index is 1.81. The molecule has 2 aliphatic heterocycles. The smallest absolute Gasteiger partial charge is 0.0120 e. The molecule has 19 heavy (non-hydrogen) atoms. The van der Waals surface area contributed by atoms with Gasteiger partial charge in [0, 0.05) is 12.6 Å². The Labute approximate surface area is 119 Å². The van der Waals surface area contributed by atoms with Crippen molar-refractivity contribution in [2.24, 2.45) is 5.92 Å². The van der Waals surface area contributed by atoms with Crippen LogP contribution in [0.5, 0.6) is 0 Å². The zero-order chi connectivity index (χ0) is 13.5. The fourth-order valence-electron chi connectivity index (χ4n) is 3.72. The van der Waals surface area contributed by atoms with Crippen LogP contribution in [-0.4, -0.2) is 61.7 Å². The van der Waals surface area contributed by atoms with E-state index in [1.807, 2.05) is 0 Å². The third kappa shape index (κ3) is 4.73. The zero-order valence-corrected chi connectivity index (χ0v) is 13.0. The number of hydrogen-bond acceptors (Lipinski definition) is 3. The first-order valence-corrected chi connectivity index (χ1v) is 8.50. The average Bonchev–Trinajstić information content (AvgIpc) is 2.48. The van der Waals surface area contributed by atoms with Gasteiger partial charge in [-0.25, -0.2) is 0 Å². The van der Waals surface area contributed by atoms with Crippen molar-refractivity contribution in [1.29, 1.82) is 0 Å². The van der Waals surface area contributed by atoms with Crippen LogP contribution < -0.4 is 5.32 Å². The van der Waals surface area contributed by atoms with Crippen LogP contribution in [0.25, 0.3) is 0 Å². The summed E-state index contributed by atoms with van der Waals surface area (Å²) in [4.78, 5) is 5.41. The highest BCUT2D eigenvalue weighted by Gasteiger charge is 2.25. The summed E-state index contributed by atoms with van der Waals surface area (Å²) < 4.78 is 0. The van der Waals surface area contributed by atoms with Crippen LogP contribution in [0.2, 0.25) is 0 Å². The van der Waals surface area contributed by atoms with E-state index in [2.05, 4.69) is 29.0 Å². The largest absolute Gasteiger partial charge is 0.316 e. The maximum absolute atomic E-state index is 3.57. The molecule has 0 aliphatic carbocycles. The van der Waals surface area contributed by atoms with Gasteiger partial charge in [-0.2, -0.15) is 0 Å². The fraction of sp³-hybridized carbons (Fsp3) is 1.00. The van der Waals surface area contributed by atoms with E-state index < -0.39 is 0 Å². The highest BCUT2D eigenvalue weighted by Crippen LogP contribution is 2.20. The van der Waals surface area contributed by atoms with Crippen LogP contribution in [-0.2, 0) is 0 Å². The molecular formula is C16H33N3. The SMILES string of the molecule is CCCN(CC1CCCNC1)C1CCN(CC)CC1. The van der Waals surface area contributed by atoms with E-state index in [1.165, 1.54) is 77.9 Å². The molecule has 2 heterocycles. The number of hydrogen-bond donors (Lipinski definition) is 1. The van der Waals surface area contributed by atoms with Gasteiger partial charge in [-0.1, -0.05) is 13.8 Å². The quantitative estimate of drug-likeness (QED) is 0.796. The molecule has 0 radical (unpaired) electrons. The van der Waals surface area contributed by atoms with Crippen molar-refractivity contribution in [2.75, 3.05) is 45.8 Å². The molecule has 1 N–H and O–H groups in total. The van der Waals surface area contributed by atoms with Gasteiger partial charge in [-0.3, -0.25) is 4.90 Å². The molecule has 2 fully saturated rings. The van der Waals surface area contributed by atoms with Gasteiger partial charge in [-0.05, 0) is 77.3 Å². The van der Waals surface area contributed by atoms with Gasteiger partial charge in [0.15, 0.2) is 0 Å². The molecule has 0 aromatic carbocycles. The molecule has 0 spiro atoms. The molecule has 0 aromatic heterocycles. The van der Waals surface area contributed by atoms with Gasteiger partial charge in [-0.15, -0.1) is 0 Å². The van der Waals surface area contributed by atoms with Crippen molar-refractivity contribution in [3.05, 3.63) is 0 Å². The first kappa shape index (κ1) is 15.3. The van der Waals surface area contributed by atoms with Gasteiger partial charge in [0.1, 0.15) is 0 Å². The zero-order valence-electron chi connectivity index (χ0n) is 13.0. The van der Waals surface area contributed by atoms with Crippen molar-refractivity contribution in [1.82, 2.24) is 15.1 Å². The van der Waals surface area contributed by atoms with Gasteiger partial charge in [0.05, 0.1) is 0 Å². The van der Waals surface area contributed by atoms with Crippen molar-refractivity contribution < 1.29 is 0 Å². The molecule has 2 rings (SSSR count). The van der Waals surface area contributed by atoms with Gasteiger partial charge in [0.2, 0.25) is 0 Å². The molecule has 2 saturated heterocycles. The van der Waals surface area contributed by atoms with E-state index >= 15 is 0 Å². The molecule has 1 unspecified atom stereocenters. The van der Waals surface area contributed by atoms with E-state index in [0.717, 1.165) is 12.0 Å². The lowest BCUT2D eigenvalue weighted by Crippen LogP contribution is -2.48. The van der Waals surface area contributed by atoms with Crippen molar-refractivity contribution in [2.45, 2.75) is 52.0 Å². The molecule has 112 valence electrons. The highest BCUT2D eigenvalue weighted by molar-refractivity contribution is 4.82. The third-order valence-electron chi connectivity index (χ3n) is 4.92. The summed E-state index contributed by atoms with van der Waals surface area (Å²) in [5, 5.41) is 3.57. The van der Waals surface area contributed by atoms with Gasteiger partial charge < -0.3 is 10.2 Å². The Morgan fingerprint density at radius 1 is 1.16 bits per heavy atom. The number of piperidine rings is 2. The molecule has 3 heteroatoms. The standard InChI is InChI=1S/C16H33N3/c1-3-10-19(14-15-6-5-9-17-13-15)16-7-11-18(4-2)12-8-16/h15-17H,3-14H2,1-2H3. The lowest BCUT2D eigenvalue weighted by molar-refractivity contribution is 0.0919. The van der Waals surface area contributed by atoms with E-state index in [1.54, 1.807) is 0 Å². The summed E-state index contributed by atoms with van der Waals surface area (Å²) in [6.45, 7) is 13.6. The summed E-state index contributed by atoms with van der Waals surface area (Å²) in [7, 11) is 0. The summed E-state index contributed by atoms with van der Waals surface area (Å²) >= 11 is 0. The Hall–Kier alpha value is -0.120. The second-order valence-electron chi connectivity index (χ2n) is 6.37. The lowest BCUT2D eigenvalue weighted by Gasteiger charge is -2.40. The number of nitrogens with one attached hydrogen (secondary N) is 1. The van der Waals surface area contributed by atoms with E-state index in [0.29, 0.717) is 0 Å². The van der Waals surface area contributed by atoms with Crippen LogP contribution in [0, 0.1) is 5.92 Å². The Morgan fingerprint density at radius 2 is 1.95 bits per heavy atom. The molecule has 0 amide bonds. The number of rotatable bonds is 6. The molecular weight excluding hydrogens is 234 g/mol. The van der Waals surface area contributed by atoms with Crippen LogP contribution in [0.15, 0.2) is 0 Å². The number of likely N-dealkylation sites (tertiary alicyclic amines) is 1. The average molecular weight is 267 g/mol. The lowest BCUT2D eigenvalue weighted by atomic mass is 9.96. The van der Waals surface area contributed by atoms with E-state index in [9.17, 15) is 0 Å². The van der Waals surface area contributed by atoms with E-state index in [4.69, 9.17) is 0 Å². The van der Waals surface area contributed by atoms with Crippen molar-refractivity contribution in [3.63, 3.8) is 0 Å². The second kappa shape index (κ2) is 8.23. The molecule has 3 nitrogen and oxygen atoms in total. The van der Waals surface area contributed by atoms with Crippen molar-refractivity contribution in [3.8, 4) is 0 Å². The molecule has 2 aliphatic rings. The van der Waals surface area contributed by atoms with Crippen LogP contribution in [0.4, 0.5) is 0 Å². The third-order valence-corrected chi connectivity index (χ3v) is 4.92. The Morgan fingerprint density at radius 3 is 2.53 bits per heavy atom. The minimum Gasteiger partial charge on any atom is -0.316 e. The fourth-order valence-corrected chi connectivity index (χ4v) is 3.72. The van der Waals surface area contributed by atoms with Gasteiger partial charge >= 0.3 is 0 Å². The molecule has 0 saturated carbocycles. The summed E-state index contributed by atoms with van der Waals surface area (Å²) in [6, 6.07) is 0.852. The summed E-state index contributed by atoms with van der Waals surface area (Å²) in [5.74, 6) is 0.893. The van der Waals surface area contributed by atoms with Crippen LogP contribution in [0.3, 0.4) is 0 Å². The minimum atomic E-state index is 0.852. The normalized spacial score (nSPS) is 27.0. The van der Waals surface area contributed by atoms with Gasteiger partial charge in [0.25, 0.3) is 0 Å². The Bertz CT molecular complexity index is 230. The predicted molar refractivity (Wildman–Crippen MR) is 82.6 cm³/mol. The minimum absolute atomic E-state index is 0.852. The van der Waals surface area contributed by atoms with E-state index in [-0.39, 0.29) is 0 Å². The van der Waals surface area contributed by atoms with Crippen molar-refractivity contribution >= 4 is 0 Å². The summed E-state index contributed by atoms with van der Waals surface area (Å²) in [5.41, 5.74) is 0. The Kier molecular flexibility index (Phi) is 6.62. The second-order valence-corrected chi connectivity index (χ2v) is 6.37. The molecule has 0 aromatic rings. The van der Waals surface area contributed by atoms with Crippen LogP contribution in [0.1, 0.15) is 46.0 Å². The summed E-state index contributed by atoms with van der Waals surface area (Å²) in [6.07, 6.45) is 6.87. The number of nitrogens with zero attached hydrogens (tertiary/aromatic N) is 2. The first-order chi connectivity index (χ1) is 9.33. The maximum atomic E-state index is 3.57. The molecule has 1 atom stereocenters. The predicted octanol–water partition coefficient (Wildman–Crippen LogP) is 2.18. The first-order valence-electron chi connectivity index (χ1n) is 8.50. The highest BCUT2D eigenvalue weighted by atomic mass is 15.2. The monoisotopic (exact) mass is 267 g/mol. The molecule has 0 bridgehead atoms. The van der Waals surface area contributed by atoms with Crippen LogP contribution >= 0.6 is 0 Å². The topological polar surface area (TPSA) is 18.5 Å². The maximum Gasteiger partial charge on any atom is 0.0120 e.